The van der Waals surface area contributed by atoms with E-state index < -0.39 is 5.63 Å². The lowest BCUT2D eigenvalue weighted by Crippen LogP contribution is -3.09. The lowest BCUT2D eigenvalue weighted by Gasteiger charge is -2.19. The topological polar surface area (TPSA) is 53.1 Å². The first-order valence-electron chi connectivity index (χ1n) is 8.80. The summed E-state index contributed by atoms with van der Waals surface area (Å²) in [5.41, 5.74) is 1.88. The Morgan fingerprint density at radius 3 is 2.52 bits per heavy atom. The van der Waals surface area contributed by atoms with E-state index in [1.54, 1.807) is 19.2 Å². The molecular weight excluding hydrogens is 349 g/mol. The molecule has 1 atom stereocenters. The van der Waals surface area contributed by atoms with Crippen molar-refractivity contribution in [2.45, 2.75) is 20.0 Å². The normalized spacial score (nSPS) is 12.1. The van der Waals surface area contributed by atoms with Crippen molar-refractivity contribution in [1.29, 1.82) is 0 Å². The lowest BCUT2D eigenvalue weighted by molar-refractivity contribution is -0.925. The molecule has 0 fully saturated rings. The van der Waals surface area contributed by atoms with Crippen molar-refractivity contribution >= 4 is 11.0 Å². The number of quaternary nitrogens is 1. The summed E-state index contributed by atoms with van der Waals surface area (Å²) in [4.78, 5) is 13.2. The van der Waals surface area contributed by atoms with Crippen molar-refractivity contribution in [3.63, 3.8) is 0 Å². The smallest absolute Gasteiger partial charge is 0.336 e. The molecule has 0 aliphatic rings. The molecule has 0 saturated heterocycles. The average Bonchev–Trinajstić information content (AvgIpc) is 2.66. The van der Waals surface area contributed by atoms with E-state index in [0.717, 1.165) is 23.1 Å². The van der Waals surface area contributed by atoms with E-state index >= 15 is 0 Å². The zero-order valence-electron chi connectivity index (χ0n) is 15.7. The van der Waals surface area contributed by atoms with Gasteiger partial charge in [0.15, 0.2) is 11.6 Å². The Kier molecular flexibility index (Phi) is 5.76. The first-order valence-corrected chi connectivity index (χ1v) is 8.80. The van der Waals surface area contributed by atoms with Crippen LogP contribution in [0.1, 0.15) is 18.1 Å². The fourth-order valence-corrected chi connectivity index (χ4v) is 3.17. The number of methoxy groups -OCH3 is 2. The van der Waals surface area contributed by atoms with Crippen LogP contribution in [0.15, 0.2) is 51.7 Å². The molecule has 0 saturated carbocycles. The Morgan fingerprint density at radius 1 is 1.04 bits per heavy atom. The largest absolute Gasteiger partial charge is 0.497 e. The first kappa shape index (κ1) is 18.9. The second-order valence-electron chi connectivity index (χ2n) is 6.38. The van der Waals surface area contributed by atoms with E-state index in [4.69, 9.17) is 13.9 Å². The third kappa shape index (κ3) is 4.28. The van der Waals surface area contributed by atoms with Crippen LogP contribution in [0.3, 0.4) is 0 Å². The van der Waals surface area contributed by atoms with E-state index in [1.807, 2.05) is 18.2 Å². The number of fused-ring (bicyclic) bond motifs is 1. The van der Waals surface area contributed by atoms with E-state index in [-0.39, 0.29) is 11.6 Å². The molecule has 0 radical (unpaired) electrons. The van der Waals surface area contributed by atoms with Crippen molar-refractivity contribution in [3.8, 4) is 11.5 Å². The third-order valence-corrected chi connectivity index (χ3v) is 4.65. The van der Waals surface area contributed by atoms with Gasteiger partial charge in [-0.25, -0.2) is 9.18 Å². The number of nitrogens with one attached hydrogen (secondary N) is 1. The molecule has 1 N–H and O–H groups in total. The second kappa shape index (κ2) is 8.22. The molecule has 0 amide bonds. The van der Waals surface area contributed by atoms with Crippen LogP contribution >= 0.6 is 0 Å². The summed E-state index contributed by atoms with van der Waals surface area (Å²) in [6, 6.07) is 12.0. The summed E-state index contributed by atoms with van der Waals surface area (Å²) >= 11 is 0. The monoisotopic (exact) mass is 372 g/mol. The van der Waals surface area contributed by atoms with Crippen LogP contribution in [0.25, 0.3) is 11.0 Å². The second-order valence-corrected chi connectivity index (χ2v) is 6.38. The number of rotatable bonds is 7. The summed E-state index contributed by atoms with van der Waals surface area (Å²) < 4.78 is 29.4. The number of ether oxygens (including phenoxy) is 2. The molecule has 3 rings (SSSR count). The fraction of sp³-hybridized carbons (Fsp3) is 0.286. The highest BCUT2D eigenvalue weighted by Crippen LogP contribution is 2.22. The maximum absolute atomic E-state index is 14.0. The summed E-state index contributed by atoms with van der Waals surface area (Å²) in [6.45, 7) is 4.14. The van der Waals surface area contributed by atoms with Crippen molar-refractivity contribution in [2.75, 3.05) is 20.8 Å². The van der Waals surface area contributed by atoms with Gasteiger partial charge in [0.05, 0.1) is 20.8 Å². The van der Waals surface area contributed by atoms with Crippen molar-refractivity contribution in [2.24, 2.45) is 0 Å². The highest BCUT2D eigenvalue weighted by molar-refractivity contribution is 5.81. The Labute approximate surface area is 156 Å². The van der Waals surface area contributed by atoms with Gasteiger partial charge in [0.25, 0.3) is 0 Å². The SMILES string of the molecule is CC[NH+](Cc1ccc(OC)c(F)c1)Cc1cc(=O)oc2cc(OC)ccc12. The molecule has 1 aromatic heterocycles. The van der Waals surface area contributed by atoms with Crippen LogP contribution < -0.4 is 20.0 Å². The molecule has 6 heteroatoms. The van der Waals surface area contributed by atoms with Gasteiger partial charge in [0.1, 0.15) is 24.4 Å². The van der Waals surface area contributed by atoms with Crippen LogP contribution in [-0.2, 0) is 13.1 Å². The van der Waals surface area contributed by atoms with Gasteiger partial charge in [-0.3, -0.25) is 0 Å². The minimum Gasteiger partial charge on any atom is -0.497 e. The summed E-state index contributed by atoms with van der Waals surface area (Å²) in [6.07, 6.45) is 0. The molecule has 27 heavy (non-hydrogen) atoms. The molecular formula is C21H23FNO4+. The van der Waals surface area contributed by atoms with Crippen molar-refractivity contribution in [1.82, 2.24) is 0 Å². The molecule has 2 aromatic carbocycles. The summed E-state index contributed by atoms with van der Waals surface area (Å²) in [7, 11) is 3.02. The number of halogens is 1. The molecule has 1 unspecified atom stereocenters. The van der Waals surface area contributed by atoms with Gasteiger partial charge in [0, 0.05) is 28.6 Å². The summed E-state index contributed by atoms with van der Waals surface area (Å²) in [5.74, 6) is 0.497. The van der Waals surface area contributed by atoms with Gasteiger partial charge in [-0.2, -0.15) is 0 Å². The molecule has 5 nitrogen and oxygen atoms in total. The molecule has 0 spiro atoms. The predicted molar refractivity (Wildman–Crippen MR) is 101 cm³/mol. The maximum Gasteiger partial charge on any atom is 0.336 e. The van der Waals surface area contributed by atoms with Crippen LogP contribution in [0.4, 0.5) is 4.39 Å². The standard InChI is InChI=1S/C21H22FNO4/c1-4-23(12-14-5-8-19(26-3)18(22)9-14)13-15-10-21(24)27-20-11-16(25-2)6-7-17(15)20/h5-11H,4,12-13H2,1-3H3/p+1. The molecule has 0 aliphatic heterocycles. The van der Waals surface area contributed by atoms with Gasteiger partial charge >= 0.3 is 5.63 Å². The number of benzene rings is 2. The quantitative estimate of drug-likeness (QED) is 0.648. The van der Waals surface area contributed by atoms with Gasteiger partial charge in [-0.1, -0.05) is 0 Å². The van der Waals surface area contributed by atoms with Gasteiger partial charge in [-0.15, -0.1) is 0 Å². The van der Waals surface area contributed by atoms with Crippen LogP contribution in [0.5, 0.6) is 11.5 Å². The molecule has 1 heterocycles. The minimum absolute atomic E-state index is 0.234. The van der Waals surface area contributed by atoms with Gasteiger partial charge < -0.3 is 18.8 Å². The zero-order chi connectivity index (χ0) is 19.4. The Hall–Kier alpha value is -2.86. The highest BCUT2D eigenvalue weighted by Gasteiger charge is 2.15. The highest BCUT2D eigenvalue weighted by atomic mass is 19.1. The van der Waals surface area contributed by atoms with Gasteiger partial charge in [-0.05, 0) is 37.3 Å². The maximum atomic E-state index is 14.0. The molecule has 3 aromatic rings. The predicted octanol–water partition coefficient (Wildman–Crippen LogP) is 2.55. The number of hydrogen-bond donors (Lipinski definition) is 1. The Balaban J connectivity index is 1.88. The minimum atomic E-state index is -0.392. The zero-order valence-corrected chi connectivity index (χ0v) is 15.7. The van der Waals surface area contributed by atoms with Gasteiger partial charge in [0.2, 0.25) is 0 Å². The van der Waals surface area contributed by atoms with Crippen molar-refractivity contribution in [3.05, 3.63) is 69.8 Å². The van der Waals surface area contributed by atoms with E-state index in [9.17, 15) is 9.18 Å². The Bertz CT molecular complexity index is 999. The first-order chi connectivity index (χ1) is 13.0. The van der Waals surface area contributed by atoms with Crippen LogP contribution in [0.2, 0.25) is 0 Å². The van der Waals surface area contributed by atoms with E-state index in [1.165, 1.54) is 24.1 Å². The van der Waals surface area contributed by atoms with Crippen LogP contribution in [-0.4, -0.2) is 20.8 Å². The molecule has 142 valence electrons. The third-order valence-electron chi connectivity index (χ3n) is 4.65. The van der Waals surface area contributed by atoms with E-state index in [2.05, 4.69) is 6.92 Å². The molecule has 0 aliphatic carbocycles. The molecule has 0 bridgehead atoms. The Morgan fingerprint density at radius 2 is 1.85 bits per heavy atom. The van der Waals surface area contributed by atoms with Crippen LogP contribution in [0, 0.1) is 5.82 Å². The lowest BCUT2D eigenvalue weighted by atomic mass is 10.1. The number of hydrogen-bond acceptors (Lipinski definition) is 4. The van der Waals surface area contributed by atoms with E-state index in [0.29, 0.717) is 24.4 Å². The average molecular weight is 372 g/mol. The fourth-order valence-electron chi connectivity index (χ4n) is 3.17. The van der Waals surface area contributed by atoms with Crippen molar-refractivity contribution < 1.29 is 23.2 Å². The summed E-state index contributed by atoms with van der Waals surface area (Å²) in [5, 5.41) is 0.877.